The summed E-state index contributed by atoms with van der Waals surface area (Å²) < 4.78 is 5.71. The quantitative estimate of drug-likeness (QED) is 0.899. The minimum absolute atomic E-state index is 0.0887. The lowest BCUT2D eigenvalue weighted by molar-refractivity contribution is 0.304. The molecule has 2 rings (SSSR count). The molecule has 1 N–H and O–H groups in total. The van der Waals surface area contributed by atoms with E-state index in [1.165, 1.54) is 0 Å². The fourth-order valence-electron chi connectivity index (χ4n) is 1.70. The van der Waals surface area contributed by atoms with Gasteiger partial charge in [0.05, 0.1) is 11.9 Å². The number of halogens is 1. The summed E-state index contributed by atoms with van der Waals surface area (Å²) in [6.07, 6.45) is 1.76. The first-order valence-electron chi connectivity index (χ1n) is 6.99. The van der Waals surface area contributed by atoms with Crippen LogP contribution in [0.3, 0.4) is 0 Å². The lowest BCUT2D eigenvalue weighted by Crippen LogP contribution is -2.35. The molecule has 1 heterocycles. The van der Waals surface area contributed by atoms with Crippen molar-refractivity contribution in [3.05, 3.63) is 58.9 Å². The van der Waals surface area contributed by atoms with Gasteiger partial charge in [0, 0.05) is 17.1 Å². The van der Waals surface area contributed by atoms with Crippen molar-refractivity contribution in [1.82, 2.24) is 10.3 Å². The van der Waals surface area contributed by atoms with E-state index in [1.54, 1.807) is 6.20 Å². The van der Waals surface area contributed by atoms with Crippen LogP contribution >= 0.6 is 11.6 Å². The van der Waals surface area contributed by atoms with Crippen molar-refractivity contribution in [2.75, 3.05) is 0 Å². The van der Waals surface area contributed by atoms with Crippen LogP contribution in [0.5, 0.6) is 5.75 Å². The fourth-order valence-corrected chi connectivity index (χ4v) is 1.83. The summed E-state index contributed by atoms with van der Waals surface area (Å²) >= 11 is 5.85. The van der Waals surface area contributed by atoms with Gasteiger partial charge in [-0.3, -0.25) is 4.98 Å². The predicted molar refractivity (Wildman–Crippen MR) is 86.6 cm³/mol. The molecule has 112 valence electrons. The highest BCUT2D eigenvalue weighted by atomic mass is 35.5. The van der Waals surface area contributed by atoms with Crippen LogP contribution in [0.4, 0.5) is 0 Å². The van der Waals surface area contributed by atoms with Gasteiger partial charge in [-0.15, -0.1) is 0 Å². The second kappa shape index (κ2) is 6.92. The largest absolute Gasteiger partial charge is 0.487 e. The number of pyridine rings is 1. The molecule has 0 saturated heterocycles. The first-order chi connectivity index (χ1) is 9.92. The SMILES string of the molecule is CC(C)(C)NCc1ccc(OCc2ccc(Cl)cc2)cn1. The van der Waals surface area contributed by atoms with Crippen LogP contribution in [0.25, 0.3) is 0 Å². The minimum Gasteiger partial charge on any atom is -0.487 e. The number of nitrogens with one attached hydrogen (secondary N) is 1. The van der Waals surface area contributed by atoms with E-state index < -0.39 is 0 Å². The Hall–Kier alpha value is -1.58. The molecule has 0 aliphatic rings. The predicted octanol–water partition coefficient (Wildman–Crippen LogP) is 4.20. The third-order valence-corrected chi connectivity index (χ3v) is 3.17. The van der Waals surface area contributed by atoms with E-state index in [9.17, 15) is 0 Å². The fraction of sp³-hybridized carbons (Fsp3) is 0.353. The second-order valence-electron chi connectivity index (χ2n) is 6.00. The van der Waals surface area contributed by atoms with Crippen molar-refractivity contribution in [1.29, 1.82) is 0 Å². The Bertz CT molecular complexity index is 559. The van der Waals surface area contributed by atoms with E-state index in [1.807, 2.05) is 36.4 Å². The Balaban J connectivity index is 1.86. The highest BCUT2D eigenvalue weighted by molar-refractivity contribution is 6.30. The minimum atomic E-state index is 0.0887. The van der Waals surface area contributed by atoms with Crippen molar-refractivity contribution in [3.63, 3.8) is 0 Å². The van der Waals surface area contributed by atoms with E-state index in [-0.39, 0.29) is 5.54 Å². The molecule has 0 aliphatic heterocycles. The average Bonchev–Trinajstić information content (AvgIpc) is 2.45. The summed E-state index contributed by atoms with van der Waals surface area (Å²) in [5.74, 6) is 0.768. The van der Waals surface area contributed by atoms with Gasteiger partial charge in [-0.05, 0) is 50.6 Å². The van der Waals surface area contributed by atoms with Crippen molar-refractivity contribution in [2.24, 2.45) is 0 Å². The van der Waals surface area contributed by atoms with Crippen LogP contribution in [0.2, 0.25) is 5.02 Å². The van der Waals surface area contributed by atoms with Crippen LogP contribution in [0.1, 0.15) is 32.0 Å². The van der Waals surface area contributed by atoms with Crippen molar-refractivity contribution >= 4 is 11.6 Å². The van der Waals surface area contributed by atoms with E-state index >= 15 is 0 Å². The number of hydrogen-bond donors (Lipinski definition) is 1. The Labute approximate surface area is 131 Å². The average molecular weight is 305 g/mol. The zero-order chi connectivity index (χ0) is 15.3. The molecule has 4 heteroatoms. The maximum Gasteiger partial charge on any atom is 0.138 e. The summed E-state index contributed by atoms with van der Waals surface area (Å²) in [6.45, 7) is 7.67. The summed E-state index contributed by atoms with van der Waals surface area (Å²) in [7, 11) is 0. The highest BCUT2D eigenvalue weighted by Gasteiger charge is 2.08. The van der Waals surface area contributed by atoms with E-state index in [0.29, 0.717) is 6.61 Å². The molecule has 0 fully saturated rings. The Kier molecular flexibility index (Phi) is 5.21. The lowest BCUT2D eigenvalue weighted by Gasteiger charge is -2.20. The van der Waals surface area contributed by atoms with E-state index in [0.717, 1.165) is 28.6 Å². The molecule has 0 aliphatic carbocycles. The molecular weight excluding hydrogens is 284 g/mol. The van der Waals surface area contributed by atoms with Crippen molar-refractivity contribution in [3.8, 4) is 5.75 Å². The first kappa shape index (κ1) is 15.8. The topological polar surface area (TPSA) is 34.1 Å². The first-order valence-corrected chi connectivity index (χ1v) is 7.37. The second-order valence-corrected chi connectivity index (χ2v) is 6.44. The number of nitrogens with zero attached hydrogens (tertiary/aromatic N) is 1. The van der Waals surface area contributed by atoms with Crippen molar-refractivity contribution < 1.29 is 4.74 Å². The Morgan fingerprint density at radius 2 is 1.81 bits per heavy atom. The third kappa shape index (κ3) is 5.74. The van der Waals surface area contributed by atoms with Crippen LogP contribution in [-0.2, 0) is 13.2 Å². The van der Waals surface area contributed by atoms with Crippen LogP contribution in [0.15, 0.2) is 42.6 Å². The molecule has 0 saturated carbocycles. The molecule has 0 atom stereocenters. The Morgan fingerprint density at radius 3 is 2.38 bits per heavy atom. The number of rotatable bonds is 5. The maximum absolute atomic E-state index is 5.85. The van der Waals surface area contributed by atoms with Gasteiger partial charge in [0.1, 0.15) is 12.4 Å². The molecule has 0 amide bonds. The number of ether oxygens (including phenoxy) is 1. The number of hydrogen-bond acceptors (Lipinski definition) is 3. The molecule has 3 nitrogen and oxygen atoms in total. The van der Waals surface area contributed by atoms with E-state index in [2.05, 4.69) is 31.1 Å². The number of benzene rings is 1. The molecule has 0 radical (unpaired) electrons. The molecule has 21 heavy (non-hydrogen) atoms. The lowest BCUT2D eigenvalue weighted by atomic mass is 10.1. The normalized spacial score (nSPS) is 11.4. The molecule has 1 aromatic heterocycles. The zero-order valence-corrected chi connectivity index (χ0v) is 13.4. The smallest absolute Gasteiger partial charge is 0.138 e. The van der Waals surface area contributed by atoms with Crippen LogP contribution < -0.4 is 10.1 Å². The van der Waals surface area contributed by atoms with Gasteiger partial charge >= 0.3 is 0 Å². The van der Waals surface area contributed by atoms with Gasteiger partial charge in [-0.25, -0.2) is 0 Å². The molecule has 0 spiro atoms. The summed E-state index contributed by atoms with van der Waals surface area (Å²) in [5, 5.41) is 4.14. The van der Waals surface area contributed by atoms with Gasteiger partial charge in [-0.2, -0.15) is 0 Å². The van der Waals surface area contributed by atoms with Crippen LogP contribution in [0, 0.1) is 0 Å². The van der Waals surface area contributed by atoms with Gasteiger partial charge in [0.2, 0.25) is 0 Å². The number of aromatic nitrogens is 1. The molecule has 2 aromatic rings. The standard InChI is InChI=1S/C17H21ClN2O/c1-17(2,3)20-10-15-8-9-16(11-19-15)21-12-13-4-6-14(18)7-5-13/h4-9,11,20H,10,12H2,1-3H3. The summed E-state index contributed by atoms with van der Waals surface area (Å²) in [6, 6.07) is 11.6. The summed E-state index contributed by atoms with van der Waals surface area (Å²) in [4.78, 5) is 4.40. The highest BCUT2D eigenvalue weighted by Crippen LogP contribution is 2.14. The van der Waals surface area contributed by atoms with Crippen molar-refractivity contribution in [2.45, 2.75) is 39.5 Å². The molecule has 0 bridgehead atoms. The molecule has 0 unspecified atom stereocenters. The third-order valence-electron chi connectivity index (χ3n) is 2.92. The van der Waals surface area contributed by atoms with Gasteiger partial charge in [0.25, 0.3) is 0 Å². The van der Waals surface area contributed by atoms with Gasteiger partial charge in [-0.1, -0.05) is 23.7 Å². The monoisotopic (exact) mass is 304 g/mol. The molecule has 1 aromatic carbocycles. The van der Waals surface area contributed by atoms with Crippen LogP contribution in [-0.4, -0.2) is 10.5 Å². The maximum atomic E-state index is 5.85. The zero-order valence-electron chi connectivity index (χ0n) is 12.7. The Morgan fingerprint density at radius 1 is 1.10 bits per heavy atom. The van der Waals surface area contributed by atoms with Gasteiger partial charge in [0.15, 0.2) is 0 Å². The molecular formula is C17H21ClN2O. The summed E-state index contributed by atoms with van der Waals surface area (Å²) in [5.41, 5.74) is 2.17. The van der Waals surface area contributed by atoms with Gasteiger partial charge < -0.3 is 10.1 Å². The van der Waals surface area contributed by atoms with E-state index in [4.69, 9.17) is 16.3 Å².